The second kappa shape index (κ2) is 11.1. The number of hydrogen-bond acceptors (Lipinski definition) is 7. The van der Waals surface area contributed by atoms with Crippen LogP contribution in [0.25, 0.3) is 33.7 Å². The molecule has 0 aliphatic rings. The quantitative estimate of drug-likeness (QED) is 0.185. The van der Waals surface area contributed by atoms with E-state index in [1.54, 1.807) is 0 Å². The van der Waals surface area contributed by atoms with Gasteiger partial charge in [0, 0.05) is 29.5 Å². The lowest BCUT2D eigenvalue weighted by Gasteiger charge is -2.13. The summed E-state index contributed by atoms with van der Waals surface area (Å²) in [6.07, 6.45) is 2.37. The summed E-state index contributed by atoms with van der Waals surface area (Å²) in [6.45, 7) is 6.14. The van der Waals surface area contributed by atoms with E-state index in [2.05, 4.69) is 48.5 Å². The molecule has 0 saturated carbocycles. The molecule has 1 N–H and O–H groups in total. The number of nitrogens with one attached hydrogen (secondary N) is 1. The van der Waals surface area contributed by atoms with E-state index >= 15 is 0 Å². The number of halogens is 2. The maximum Gasteiger partial charge on any atom is 0.358 e. The summed E-state index contributed by atoms with van der Waals surface area (Å²) in [4.78, 5) is 17.4. The summed E-state index contributed by atoms with van der Waals surface area (Å²) in [5.41, 5.74) is 3.62. The van der Waals surface area contributed by atoms with Crippen LogP contribution in [-0.4, -0.2) is 42.2 Å². The molecule has 2 aromatic carbocycles. The van der Waals surface area contributed by atoms with Crippen molar-refractivity contribution < 1.29 is 13.9 Å². The van der Waals surface area contributed by atoms with E-state index in [-0.39, 0.29) is 17.0 Å². The SMILES string of the molecule is CCCCc1nc(Cl)c(C(=O)OC(C)C)n1Cc1ccc2oc(-c3ccccc3-c3nnn[nH]3)c(Br)c2c1. The molecule has 0 fully saturated rings. The molecule has 3 heterocycles. The molecule has 9 nitrogen and oxygen atoms in total. The van der Waals surface area contributed by atoms with Crippen molar-refractivity contribution in [2.24, 2.45) is 0 Å². The number of carbonyl (C=O) groups excluding carboxylic acids is 1. The van der Waals surface area contributed by atoms with Crippen LogP contribution in [0, 0.1) is 0 Å². The average Bonchev–Trinajstić information content (AvgIpc) is 3.61. The third-order valence-electron chi connectivity index (χ3n) is 6.10. The van der Waals surface area contributed by atoms with Crippen LogP contribution in [0.4, 0.5) is 0 Å². The van der Waals surface area contributed by atoms with Crippen molar-refractivity contribution in [1.82, 2.24) is 30.2 Å². The van der Waals surface area contributed by atoms with Crippen molar-refractivity contribution in [3.05, 3.63) is 69.2 Å². The molecule has 5 rings (SSSR count). The molecule has 0 amide bonds. The Morgan fingerprint density at radius 3 is 2.71 bits per heavy atom. The fraction of sp³-hybridized carbons (Fsp3) is 0.296. The highest BCUT2D eigenvalue weighted by molar-refractivity contribution is 9.10. The Bertz CT molecular complexity index is 1590. The monoisotopic (exact) mass is 596 g/mol. The third kappa shape index (κ3) is 5.10. The van der Waals surface area contributed by atoms with Gasteiger partial charge in [0.15, 0.2) is 16.7 Å². The average molecular weight is 598 g/mol. The number of H-pyrrole nitrogens is 1. The first kappa shape index (κ1) is 26.1. The van der Waals surface area contributed by atoms with Gasteiger partial charge in [0.05, 0.1) is 10.6 Å². The number of benzene rings is 2. The van der Waals surface area contributed by atoms with Crippen molar-refractivity contribution in [1.29, 1.82) is 0 Å². The van der Waals surface area contributed by atoms with Crippen molar-refractivity contribution in [2.45, 2.75) is 52.7 Å². The molecule has 5 aromatic rings. The van der Waals surface area contributed by atoms with Crippen LogP contribution < -0.4 is 0 Å². The van der Waals surface area contributed by atoms with Crippen LogP contribution in [-0.2, 0) is 17.7 Å². The summed E-state index contributed by atoms with van der Waals surface area (Å²) < 4.78 is 14.4. The highest BCUT2D eigenvalue weighted by Crippen LogP contribution is 2.41. The first-order valence-corrected chi connectivity index (χ1v) is 13.5. The number of fused-ring (bicyclic) bond motifs is 1. The standard InChI is InChI=1S/C27H26BrClN6O3/c1-4-5-10-21-30-25(29)23(27(36)37-15(2)3)35(21)14-16-11-12-20-19(13-16)22(28)24(38-20)17-8-6-7-9-18(17)26-31-33-34-32-26/h6-9,11-13,15H,4-5,10,14H2,1-3H3,(H,31,32,33,34). The molecule has 0 unspecified atom stereocenters. The number of tetrazole rings is 1. The van der Waals surface area contributed by atoms with E-state index in [0.29, 0.717) is 24.6 Å². The van der Waals surface area contributed by atoms with Crippen molar-refractivity contribution in [3.8, 4) is 22.7 Å². The maximum absolute atomic E-state index is 12.9. The predicted molar refractivity (Wildman–Crippen MR) is 148 cm³/mol. The van der Waals surface area contributed by atoms with E-state index < -0.39 is 5.97 Å². The molecular weight excluding hydrogens is 572 g/mol. The molecule has 3 aromatic heterocycles. The van der Waals surface area contributed by atoms with E-state index in [1.807, 2.05) is 60.9 Å². The molecule has 196 valence electrons. The number of hydrogen-bond donors (Lipinski definition) is 1. The predicted octanol–water partition coefficient (Wildman–Crippen LogP) is 6.85. The minimum Gasteiger partial charge on any atom is -0.458 e. The number of imidazole rings is 1. The van der Waals surface area contributed by atoms with Gasteiger partial charge in [-0.25, -0.2) is 14.9 Å². The first-order valence-electron chi connectivity index (χ1n) is 12.4. The Kier molecular flexibility index (Phi) is 7.62. The Balaban J connectivity index is 1.55. The van der Waals surface area contributed by atoms with Gasteiger partial charge < -0.3 is 13.7 Å². The van der Waals surface area contributed by atoms with Crippen molar-refractivity contribution in [3.63, 3.8) is 0 Å². The largest absolute Gasteiger partial charge is 0.458 e. The van der Waals surface area contributed by atoms with Crippen molar-refractivity contribution in [2.75, 3.05) is 0 Å². The second-order valence-corrected chi connectivity index (χ2v) is 10.3. The van der Waals surface area contributed by atoms with Crippen LogP contribution in [0.5, 0.6) is 0 Å². The van der Waals surface area contributed by atoms with Crippen LogP contribution >= 0.6 is 27.5 Å². The van der Waals surface area contributed by atoms with Crippen molar-refractivity contribution >= 4 is 44.5 Å². The van der Waals surface area contributed by atoms with E-state index in [0.717, 1.165) is 50.8 Å². The lowest BCUT2D eigenvalue weighted by molar-refractivity contribution is 0.0365. The molecule has 0 aliphatic heterocycles. The van der Waals surface area contributed by atoms with Crippen LogP contribution in [0.3, 0.4) is 0 Å². The van der Waals surface area contributed by atoms with E-state index in [9.17, 15) is 4.79 Å². The highest BCUT2D eigenvalue weighted by Gasteiger charge is 2.25. The highest BCUT2D eigenvalue weighted by atomic mass is 79.9. The molecule has 0 radical (unpaired) electrons. The molecule has 11 heteroatoms. The minimum atomic E-state index is -0.480. The lowest BCUT2D eigenvalue weighted by atomic mass is 10.0. The number of rotatable bonds is 9. The van der Waals surface area contributed by atoms with Gasteiger partial charge in [-0.2, -0.15) is 0 Å². The Labute approximate surface area is 232 Å². The number of aromatic nitrogens is 6. The zero-order chi connectivity index (χ0) is 26.8. The van der Waals surface area contributed by atoms with Gasteiger partial charge >= 0.3 is 5.97 Å². The topological polar surface area (TPSA) is 112 Å². The van der Waals surface area contributed by atoms with Gasteiger partial charge in [0.1, 0.15) is 17.2 Å². The summed E-state index contributed by atoms with van der Waals surface area (Å²) in [5.74, 6) is 1.49. The fourth-order valence-electron chi connectivity index (χ4n) is 4.36. The summed E-state index contributed by atoms with van der Waals surface area (Å²) in [5, 5.41) is 15.3. The molecule has 38 heavy (non-hydrogen) atoms. The number of esters is 1. The third-order valence-corrected chi connectivity index (χ3v) is 7.15. The van der Waals surface area contributed by atoms with Crippen LogP contribution in [0.15, 0.2) is 51.4 Å². The maximum atomic E-state index is 12.9. The Hall–Kier alpha value is -3.50. The molecule has 0 spiro atoms. The Morgan fingerprint density at radius 1 is 1.21 bits per heavy atom. The number of nitrogens with zero attached hydrogens (tertiary/aromatic N) is 5. The summed E-state index contributed by atoms with van der Waals surface area (Å²) >= 11 is 10.2. The molecule has 0 bridgehead atoms. The zero-order valence-electron chi connectivity index (χ0n) is 21.2. The molecule has 0 saturated heterocycles. The number of unbranched alkanes of at least 4 members (excludes halogenated alkanes) is 1. The van der Waals surface area contributed by atoms with Gasteiger partial charge in [-0.1, -0.05) is 55.3 Å². The lowest BCUT2D eigenvalue weighted by Crippen LogP contribution is -2.18. The van der Waals surface area contributed by atoms with Gasteiger partial charge in [0.25, 0.3) is 0 Å². The molecular formula is C27H26BrClN6O3. The first-order chi connectivity index (χ1) is 18.4. The zero-order valence-corrected chi connectivity index (χ0v) is 23.5. The Morgan fingerprint density at radius 2 is 2.00 bits per heavy atom. The normalized spacial score (nSPS) is 11.5. The number of furan rings is 1. The summed E-state index contributed by atoms with van der Waals surface area (Å²) in [6, 6.07) is 13.7. The fourth-order valence-corrected chi connectivity index (χ4v) is 5.24. The molecule has 0 atom stereocenters. The van der Waals surface area contributed by atoms with E-state index in [1.165, 1.54) is 0 Å². The van der Waals surface area contributed by atoms with Gasteiger partial charge in [-0.3, -0.25) is 0 Å². The van der Waals surface area contributed by atoms with Crippen LogP contribution in [0.2, 0.25) is 5.15 Å². The number of aryl methyl sites for hydroxylation is 1. The number of aromatic amines is 1. The smallest absolute Gasteiger partial charge is 0.358 e. The second-order valence-electron chi connectivity index (χ2n) is 9.18. The van der Waals surface area contributed by atoms with Gasteiger partial charge in [-0.15, -0.1) is 5.10 Å². The van der Waals surface area contributed by atoms with E-state index in [4.69, 9.17) is 20.8 Å². The number of ether oxygens (including phenoxy) is 1. The molecule has 0 aliphatic carbocycles. The summed E-state index contributed by atoms with van der Waals surface area (Å²) in [7, 11) is 0. The van der Waals surface area contributed by atoms with Gasteiger partial charge in [0.2, 0.25) is 0 Å². The number of carbonyl (C=O) groups is 1. The van der Waals surface area contributed by atoms with Crippen LogP contribution in [0.1, 0.15) is 55.5 Å². The van der Waals surface area contributed by atoms with Gasteiger partial charge in [-0.05, 0) is 64.3 Å². The minimum absolute atomic E-state index is 0.160.